The van der Waals surface area contributed by atoms with Crippen molar-refractivity contribution < 1.29 is 9.53 Å². The number of carbonyl (C=O) groups excluding carboxylic acids is 1. The van der Waals surface area contributed by atoms with E-state index in [-0.39, 0.29) is 11.9 Å². The van der Waals surface area contributed by atoms with Crippen molar-refractivity contribution >= 4 is 28.5 Å². The summed E-state index contributed by atoms with van der Waals surface area (Å²) in [5.41, 5.74) is 3.11. The van der Waals surface area contributed by atoms with Gasteiger partial charge in [-0.05, 0) is 49.2 Å². The molecule has 1 amide bonds. The molecular weight excluding hydrogens is 374 g/mol. The largest absolute Gasteiger partial charge is 0.495 e. The highest BCUT2D eigenvalue weighted by Crippen LogP contribution is 2.29. The summed E-state index contributed by atoms with van der Waals surface area (Å²) in [5, 5.41) is 3.82. The number of ether oxygens (including phenoxy) is 1. The molecule has 0 atom stereocenters. The van der Waals surface area contributed by atoms with E-state index >= 15 is 0 Å². The summed E-state index contributed by atoms with van der Waals surface area (Å²) in [6.07, 6.45) is 8.78. The number of methoxy groups -OCH3 is 1. The van der Waals surface area contributed by atoms with Crippen molar-refractivity contribution in [3.63, 3.8) is 0 Å². The molecular formula is C22H24ClN3O2. The first kappa shape index (κ1) is 18.8. The fourth-order valence-electron chi connectivity index (χ4n) is 3.89. The highest BCUT2D eigenvalue weighted by Gasteiger charge is 2.17. The van der Waals surface area contributed by atoms with Crippen LogP contribution in [-0.2, 0) is 0 Å². The van der Waals surface area contributed by atoms with Gasteiger partial charge in [0.1, 0.15) is 12.1 Å². The molecule has 0 unspecified atom stereocenters. The highest BCUT2D eigenvalue weighted by atomic mass is 35.5. The molecule has 1 aliphatic rings. The summed E-state index contributed by atoms with van der Waals surface area (Å²) < 4.78 is 7.38. The Balaban J connectivity index is 1.61. The molecule has 1 aliphatic carbocycles. The first-order valence-corrected chi connectivity index (χ1v) is 10.2. The van der Waals surface area contributed by atoms with E-state index < -0.39 is 0 Å². The molecule has 28 heavy (non-hydrogen) atoms. The van der Waals surface area contributed by atoms with Crippen LogP contribution in [0.1, 0.15) is 48.9 Å². The maximum atomic E-state index is 12.7. The number of imidazole rings is 1. The maximum Gasteiger partial charge on any atom is 0.251 e. The molecule has 2 aromatic carbocycles. The third-order valence-corrected chi connectivity index (χ3v) is 5.64. The van der Waals surface area contributed by atoms with Crippen molar-refractivity contribution in [2.75, 3.05) is 7.11 Å². The number of fused-ring (bicyclic) bond motifs is 1. The minimum Gasteiger partial charge on any atom is -0.495 e. The second-order valence-electron chi connectivity index (χ2n) is 7.30. The number of benzene rings is 2. The van der Waals surface area contributed by atoms with E-state index in [9.17, 15) is 4.79 Å². The van der Waals surface area contributed by atoms with Crippen LogP contribution in [0.2, 0.25) is 5.02 Å². The van der Waals surface area contributed by atoms with E-state index in [1.807, 2.05) is 34.9 Å². The molecule has 1 aromatic heterocycles. The Hall–Kier alpha value is -2.53. The van der Waals surface area contributed by atoms with Crippen LogP contribution in [0.5, 0.6) is 5.75 Å². The third-order valence-electron chi connectivity index (χ3n) is 5.40. The van der Waals surface area contributed by atoms with Crippen LogP contribution < -0.4 is 10.1 Å². The van der Waals surface area contributed by atoms with Crippen LogP contribution >= 0.6 is 11.6 Å². The quantitative estimate of drug-likeness (QED) is 0.620. The third kappa shape index (κ3) is 3.85. The summed E-state index contributed by atoms with van der Waals surface area (Å²) in [5.74, 6) is 0.683. The molecule has 0 aliphatic heterocycles. The Kier molecular flexibility index (Phi) is 5.53. The molecule has 4 rings (SSSR count). The molecule has 1 saturated carbocycles. The van der Waals surface area contributed by atoms with E-state index in [1.165, 1.54) is 25.7 Å². The fraction of sp³-hybridized carbons (Fsp3) is 0.364. The second kappa shape index (κ2) is 8.23. The molecule has 0 spiro atoms. The molecule has 3 aromatic rings. The van der Waals surface area contributed by atoms with Crippen molar-refractivity contribution in [3.05, 3.63) is 53.3 Å². The van der Waals surface area contributed by atoms with Gasteiger partial charge in [-0.25, -0.2) is 4.98 Å². The number of hydrogen-bond donors (Lipinski definition) is 1. The van der Waals surface area contributed by atoms with Gasteiger partial charge < -0.3 is 10.1 Å². The average Bonchev–Trinajstić information content (AvgIpc) is 2.96. The smallest absolute Gasteiger partial charge is 0.251 e. The molecule has 0 radical (unpaired) electrons. The number of nitrogens with one attached hydrogen (secondary N) is 1. The molecule has 1 N–H and O–H groups in total. The number of nitrogens with zero attached hydrogens (tertiary/aromatic N) is 2. The highest BCUT2D eigenvalue weighted by molar-refractivity contribution is 6.30. The van der Waals surface area contributed by atoms with Crippen LogP contribution in [0.4, 0.5) is 0 Å². The normalized spacial score (nSPS) is 15.4. The summed E-state index contributed by atoms with van der Waals surface area (Å²) in [4.78, 5) is 17.2. The Morgan fingerprint density at radius 2 is 1.93 bits per heavy atom. The van der Waals surface area contributed by atoms with Gasteiger partial charge in [-0.1, -0.05) is 37.3 Å². The summed E-state index contributed by atoms with van der Waals surface area (Å²) in [6.45, 7) is 0. The lowest BCUT2D eigenvalue weighted by atomic mass is 10.1. The van der Waals surface area contributed by atoms with Crippen molar-refractivity contribution in [1.29, 1.82) is 0 Å². The molecule has 6 heteroatoms. The topological polar surface area (TPSA) is 56.2 Å². The van der Waals surface area contributed by atoms with Crippen LogP contribution in [0, 0.1) is 0 Å². The van der Waals surface area contributed by atoms with Crippen LogP contribution in [0.15, 0.2) is 42.7 Å². The molecule has 0 saturated heterocycles. The number of carbonyl (C=O) groups is 1. The van der Waals surface area contributed by atoms with Crippen LogP contribution in [0.25, 0.3) is 16.7 Å². The number of amides is 1. The Morgan fingerprint density at radius 1 is 1.14 bits per heavy atom. The van der Waals surface area contributed by atoms with Gasteiger partial charge in [-0.15, -0.1) is 0 Å². The maximum absolute atomic E-state index is 12.7. The molecule has 146 valence electrons. The molecule has 0 bridgehead atoms. The van der Waals surface area contributed by atoms with Crippen molar-refractivity contribution in [2.45, 2.75) is 44.6 Å². The SMILES string of the molecule is COc1ccc(Cl)cc1-n1cnc2cc(C(=O)NC3CCCCCC3)ccc21. The lowest BCUT2D eigenvalue weighted by molar-refractivity contribution is 0.0933. The Labute approximate surface area is 169 Å². The van der Waals surface area contributed by atoms with Gasteiger partial charge in [0.15, 0.2) is 0 Å². The van der Waals surface area contributed by atoms with Crippen LogP contribution in [0.3, 0.4) is 0 Å². The number of rotatable bonds is 4. The van der Waals surface area contributed by atoms with Gasteiger partial charge in [0, 0.05) is 16.6 Å². The van der Waals surface area contributed by atoms with Gasteiger partial charge >= 0.3 is 0 Å². The van der Waals surface area contributed by atoms with Crippen LogP contribution in [-0.4, -0.2) is 28.6 Å². The van der Waals surface area contributed by atoms with Gasteiger partial charge in [-0.2, -0.15) is 0 Å². The van der Waals surface area contributed by atoms with E-state index in [0.29, 0.717) is 16.3 Å². The van der Waals surface area contributed by atoms with Gasteiger partial charge in [0.25, 0.3) is 5.91 Å². The van der Waals surface area contributed by atoms with Gasteiger partial charge in [0.05, 0.1) is 23.8 Å². The van der Waals surface area contributed by atoms with Crippen molar-refractivity contribution in [2.24, 2.45) is 0 Å². The van der Waals surface area contributed by atoms with E-state index in [4.69, 9.17) is 16.3 Å². The van der Waals surface area contributed by atoms with E-state index in [0.717, 1.165) is 29.6 Å². The zero-order valence-corrected chi connectivity index (χ0v) is 16.7. The predicted molar refractivity (Wildman–Crippen MR) is 112 cm³/mol. The Morgan fingerprint density at radius 3 is 2.68 bits per heavy atom. The number of halogens is 1. The minimum absolute atomic E-state index is 0.0244. The standard InChI is InChI=1S/C22H24ClN3O2/c1-28-21-11-9-16(23)13-20(21)26-14-24-18-12-15(8-10-19(18)26)22(27)25-17-6-4-2-3-5-7-17/h8-14,17H,2-7H2,1H3,(H,25,27). The van der Waals surface area contributed by atoms with Crippen molar-refractivity contribution in [1.82, 2.24) is 14.9 Å². The monoisotopic (exact) mass is 397 g/mol. The number of aromatic nitrogens is 2. The number of hydrogen-bond acceptors (Lipinski definition) is 3. The predicted octanol–water partition coefficient (Wildman–Crippen LogP) is 5.14. The Bertz CT molecular complexity index is 991. The summed E-state index contributed by atoms with van der Waals surface area (Å²) in [6, 6.07) is 11.4. The first-order chi connectivity index (χ1) is 13.7. The average molecular weight is 398 g/mol. The first-order valence-electron chi connectivity index (χ1n) is 9.77. The lowest BCUT2D eigenvalue weighted by Crippen LogP contribution is -2.34. The summed E-state index contributed by atoms with van der Waals surface area (Å²) in [7, 11) is 1.63. The minimum atomic E-state index is -0.0244. The lowest BCUT2D eigenvalue weighted by Gasteiger charge is -2.16. The second-order valence-corrected chi connectivity index (χ2v) is 7.73. The van der Waals surface area contributed by atoms with Gasteiger partial charge in [-0.3, -0.25) is 9.36 Å². The van der Waals surface area contributed by atoms with Crippen molar-refractivity contribution in [3.8, 4) is 11.4 Å². The fourth-order valence-corrected chi connectivity index (χ4v) is 4.06. The molecule has 5 nitrogen and oxygen atoms in total. The molecule has 1 fully saturated rings. The zero-order chi connectivity index (χ0) is 19.5. The van der Waals surface area contributed by atoms with E-state index in [1.54, 1.807) is 19.5 Å². The molecule has 1 heterocycles. The summed E-state index contributed by atoms with van der Waals surface area (Å²) >= 11 is 6.17. The van der Waals surface area contributed by atoms with Gasteiger partial charge in [0.2, 0.25) is 0 Å². The van der Waals surface area contributed by atoms with E-state index in [2.05, 4.69) is 10.3 Å². The zero-order valence-electron chi connectivity index (χ0n) is 16.0.